The molecule has 194 valence electrons. The minimum absolute atomic E-state index is 0.00751. The molecule has 0 bridgehead atoms. The highest BCUT2D eigenvalue weighted by Gasteiger charge is 2.28. The summed E-state index contributed by atoms with van der Waals surface area (Å²) in [6.45, 7) is 8.64. The Labute approximate surface area is 211 Å². The Morgan fingerprint density at radius 1 is 1.08 bits per heavy atom. The topological polar surface area (TPSA) is 117 Å². The highest BCUT2D eigenvalue weighted by molar-refractivity contribution is 6.04. The monoisotopic (exact) mass is 497 g/mol. The van der Waals surface area contributed by atoms with Crippen LogP contribution in [0.25, 0.3) is 0 Å². The Kier molecular flexibility index (Phi) is 8.57. The molecule has 0 radical (unpaired) electrons. The molecule has 3 amide bonds. The molecule has 9 nitrogen and oxygen atoms in total. The summed E-state index contributed by atoms with van der Waals surface area (Å²) in [7, 11) is 1.30. The first-order valence-corrected chi connectivity index (χ1v) is 12.0. The normalized spacial score (nSPS) is 14.3. The van der Waals surface area contributed by atoms with Crippen molar-refractivity contribution in [3.63, 3.8) is 0 Å². The quantitative estimate of drug-likeness (QED) is 0.519. The lowest BCUT2D eigenvalue weighted by Gasteiger charge is -2.32. The number of nitrogens with one attached hydrogen (secondary N) is 2. The van der Waals surface area contributed by atoms with Crippen molar-refractivity contribution in [2.75, 3.05) is 20.2 Å². The van der Waals surface area contributed by atoms with Gasteiger partial charge in [0.05, 0.1) is 18.2 Å². The highest BCUT2D eigenvalue weighted by Crippen LogP contribution is 2.31. The van der Waals surface area contributed by atoms with Crippen molar-refractivity contribution in [1.29, 1.82) is 0 Å². The Bertz CT molecular complexity index is 1120. The van der Waals surface area contributed by atoms with Crippen LogP contribution in [0, 0.1) is 6.92 Å². The van der Waals surface area contributed by atoms with E-state index in [4.69, 9.17) is 4.74 Å². The number of hydrogen-bond donors (Lipinski definition) is 3. The van der Waals surface area contributed by atoms with Crippen LogP contribution in [0.3, 0.4) is 0 Å². The first-order valence-electron chi connectivity index (χ1n) is 12.0. The summed E-state index contributed by atoms with van der Waals surface area (Å²) in [6, 6.07) is 11.2. The van der Waals surface area contributed by atoms with E-state index in [-0.39, 0.29) is 28.7 Å². The third kappa shape index (κ3) is 6.97. The fraction of sp³-hybridized carbons (Fsp3) is 0.444. The highest BCUT2D eigenvalue weighted by atomic mass is 16.6. The number of phenols is 1. The molecule has 1 aliphatic heterocycles. The number of carbonyl (C=O) groups excluding carboxylic acids is 3. The Morgan fingerprint density at radius 3 is 2.39 bits per heavy atom. The molecular weight excluding hydrogens is 462 g/mol. The number of piperidine rings is 1. The summed E-state index contributed by atoms with van der Waals surface area (Å²) in [5.41, 5.74) is 4.53. The van der Waals surface area contributed by atoms with E-state index in [9.17, 15) is 19.5 Å². The number of aryl methyl sites for hydroxylation is 1. The van der Waals surface area contributed by atoms with Gasteiger partial charge in [0, 0.05) is 19.6 Å². The molecule has 0 unspecified atom stereocenters. The molecule has 2 aromatic rings. The van der Waals surface area contributed by atoms with Crippen LogP contribution < -0.4 is 10.8 Å². The number of benzene rings is 2. The van der Waals surface area contributed by atoms with Gasteiger partial charge in [-0.1, -0.05) is 24.3 Å². The number of likely N-dealkylation sites (tertiary alicyclic amines) is 1. The number of rotatable bonds is 6. The van der Waals surface area contributed by atoms with Crippen molar-refractivity contribution in [1.82, 2.24) is 15.7 Å². The van der Waals surface area contributed by atoms with E-state index in [1.54, 1.807) is 17.9 Å². The van der Waals surface area contributed by atoms with E-state index in [0.29, 0.717) is 25.2 Å². The van der Waals surface area contributed by atoms with Gasteiger partial charge in [-0.25, -0.2) is 10.3 Å². The minimum atomic E-state index is -0.618. The first-order chi connectivity index (χ1) is 17.0. The van der Waals surface area contributed by atoms with Gasteiger partial charge in [-0.15, -0.1) is 0 Å². The third-order valence-corrected chi connectivity index (χ3v) is 5.96. The lowest BCUT2D eigenvalue weighted by molar-refractivity contribution is 0.0519. The van der Waals surface area contributed by atoms with Gasteiger partial charge < -0.3 is 20.1 Å². The van der Waals surface area contributed by atoms with Crippen LogP contribution in [0.4, 0.5) is 4.79 Å². The van der Waals surface area contributed by atoms with E-state index in [1.165, 1.54) is 13.2 Å². The summed E-state index contributed by atoms with van der Waals surface area (Å²) >= 11 is 0. The fourth-order valence-electron chi connectivity index (χ4n) is 4.29. The molecule has 0 aliphatic carbocycles. The maximum atomic E-state index is 13.2. The van der Waals surface area contributed by atoms with Crippen LogP contribution >= 0.6 is 0 Å². The summed E-state index contributed by atoms with van der Waals surface area (Å²) in [4.78, 5) is 43.7. The maximum absolute atomic E-state index is 13.2. The summed E-state index contributed by atoms with van der Waals surface area (Å²) in [5.74, 6) is -1.01. The van der Waals surface area contributed by atoms with Crippen LogP contribution in [-0.2, 0) is 16.1 Å². The largest absolute Gasteiger partial charge is 0.506 e. The van der Waals surface area contributed by atoms with E-state index in [0.717, 1.165) is 24.0 Å². The number of hydroxylamine groups is 1. The van der Waals surface area contributed by atoms with Gasteiger partial charge >= 0.3 is 6.09 Å². The molecule has 36 heavy (non-hydrogen) atoms. The van der Waals surface area contributed by atoms with E-state index in [2.05, 4.69) is 27.8 Å². The lowest BCUT2D eigenvalue weighted by Crippen LogP contribution is -2.38. The molecule has 0 saturated carbocycles. The average molecular weight is 498 g/mol. The van der Waals surface area contributed by atoms with E-state index < -0.39 is 17.6 Å². The second kappa shape index (κ2) is 11.4. The zero-order valence-corrected chi connectivity index (χ0v) is 21.5. The van der Waals surface area contributed by atoms with Gasteiger partial charge in [-0.3, -0.25) is 14.4 Å². The molecule has 3 N–H and O–H groups in total. The molecule has 9 heteroatoms. The van der Waals surface area contributed by atoms with Crippen molar-refractivity contribution in [3.8, 4) is 5.75 Å². The number of carbonyl (C=O) groups is 3. The lowest BCUT2D eigenvalue weighted by atomic mass is 9.88. The number of alkyl carbamates (subject to hydrolysis) is 1. The number of aromatic hydroxyl groups is 1. The summed E-state index contributed by atoms with van der Waals surface area (Å²) < 4.78 is 5.29. The van der Waals surface area contributed by atoms with Gasteiger partial charge in [-0.2, -0.15) is 0 Å². The Hall–Kier alpha value is -3.59. The number of hydrogen-bond acceptors (Lipinski definition) is 6. The van der Waals surface area contributed by atoms with Crippen molar-refractivity contribution >= 4 is 17.9 Å². The molecule has 3 rings (SSSR count). The SMILES string of the molecule is CONC(=O)c1cc(C)cc(C(=O)N2CCC(c3cccc(CNC(=O)OC(C)(C)C)c3)CC2)c1O. The minimum Gasteiger partial charge on any atom is -0.506 e. The van der Waals surface area contributed by atoms with Crippen LogP contribution in [-0.4, -0.2) is 53.7 Å². The van der Waals surface area contributed by atoms with Crippen molar-refractivity contribution in [3.05, 3.63) is 64.2 Å². The van der Waals surface area contributed by atoms with Crippen LogP contribution in [0.1, 0.15) is 76.9 Å². The molecule has 2 aromatic carbocycles. The molecule has 0 atom stereocenters. The van der Waals surface area contributed by atoms with Crippen molar-refractivity contribution in [2.24, 2.45) is 0 Å². The number of phenolic OH excluding ortho intramolecular Hbond substituents is 1. The third-order valence-electron chi connectivity index (χ3n) is 5.96. The van der Waals surface area contributed by atoms with Gasteiger partial charge in [0.25, 0.3) is 11.8 Å². The van der Waals surface area contributed by atoms with Crippen molar-refractivity contribution < 1.29 is 29.1 Å². The molecule has 1 saturated heterocycles. The van der Waals surface area contributed by atoms with Crippen LogP contribution in [0.5, 0.6) is 5.75 Å². The molecular formula is C27H35N3O6. The molecule has 0 aromatic heterocycles. The van der Waals surface area contributed by atoms with Crippen LogP contribution in [0.15, 0.2) is 36.4 Å². The predicted octanol–water partition coefficient (Wildman–Crippen LogP) is 4.04. The molecule has 1 aliphatic rings. The first kappa shape index (κ1) is 27.0. The average Bonchev–Trinajstić information content (AvgIpc) is 2.83. The maximum Gasteiger partial charge on any atom is 0.407 e. The zero-order valence-electron chi connectivity index (χ0n) is 21.5. The Morgan fingerprint density at radius 2 is 1.75 bits per heavy atom. The smallest absolute Gasteiger partial charge is 0.407 e. The summed E-state index contributed by atoms with van der Waals surface area (Å²) in [5, 5.41) is 13.4. The second-order valence-corrected chi connectivity index (χ2v) is 10.0. The fourth-order valence-corrected chi connectivity index (χ4v) is 4.29. The van der Waals surface area contributed by atoms with Gasteiger partial charge in [0.1, 0.15) is 11.4 Å². The molecule has 1 heterocycles. The molecule has 0 spiro atoms. The van der Waals surface area contributed by atoms with Crippen molar-refractivity contribution in [2.45, 2.75) is 58.6 Å². The van der Waals surface area contributed by atoms with Gasteiger partial charge in [-0.05, 0) is 75.3 Å². The standard InChI is InChI=1S/C27H35N3O6/c1-17-13-21(24(32)29-35-5)23(31)22(14-17)25(33)30-11-9-19(10-12-30)20-8-6-7-18(15-20)16-28-26(34)36-27(2,3)4/h6-8,13-15,19,31H,9-12,16H2,1-5H3,(H,28,34)(H,29,32). The zero-order chi connectivity index (χ0) is 26.5. The second-order valence-electron chi connectivity index (χ2n) is 10.0. The number of nitrogens with zero attached hydrogens (tertiary/aromatic N) is 1. The van der Waals surface area contributed by atoms with E-state index in [1.807, 2.05) is 32.9 Å². The summed E-state index contributed by atoms with van der Waals surface area (Å²) in [6.07, 6.45) is 1.07. The Balaban J connectivity index is 1.63. The van der Waals surface area contributed by atoms with Gasteiger partial charge in [0.2, 0.25) is 0 Å². The van der Waals surface area contributed by atoms with Gasteiger partial charge in [0.15, 0.2) is 0 Å². The van der Waals surface area contributed by atoms with Crippen LogP contribution in [0.2, 0.25) is 0 Å². The predicted molar refractivity (Wildman–Crippen MR) is 135 cm³/mol. The molecule has 1 fully saturated rings. The van der Waals surface area contributed by atoms with E-state index >= 15 is 0 Å². The number of amides is 3. The number of ether oxygens (including phenoxy) is 1.